The van der Waals surface area contributed by atoms with Crippen molar-refractivity contribution in [3.8, 4) is 6.07 Å². The van der Waals surface area contributed by atoms with Crippen molar-refractivity contribution < 1.29 is 5.11 Å². The first kappa shape index (κ1) is 11.5. The summed E-state index contributed by atoms with van der Waals surface area (Å²) in [5.74, 6) is 0. The monoisotopic (exact) mass is 195 g/mol. The van der Waals surface area contributed by atoms with Crippen molar-refractivity contribution in [1.82, 2.24) is 0 Å². The van der Waals surface area contributed by atoms with Crippen LogP contribution in [0.15, 0.2) is 0 Å². The van der Waals surface area contributed by atoms with Crippen molar-refractivity contribution >= 4 is 0 Å². The third-order valence-electron chi connectivity index (χ3n) is 3.33. The van der Waals surface area contributed by atoms with Gasteiger partial charge in [0.25, 0.3) is 0 Å². The fourth-order valence-corrected chi connectivity index (χ4v) is 2.38. The zero-order chi connectivity index (χ0) is 10.4. The van der Waals surface area contributed by atoms with E-state index in [2.05, 4.69) is 6.07 Å². The fourth-order valence-electron chi connectivity index (χ4n) is 2.38. The van der Waals surface area contributed by atoms with E-state index in [1.807, 2.05) is 6.92 Å². The molecular formula is C12H21NO. The second-order valence-corrected chi connectivity index (χ2v) is 4.69. The van der Waals surface area contributed by atoms with Crippen LogP contribution in [-0.4, -0.2) is 11.2 Å². The van der Waals surface area contributed by atoms with Gasteiger partial charge in [0, 0.05) is 0 Å². The quantitative estimate of drug-likeness (QED) is 0.749. The van der Waals surface area contributed by atoms with Crippen LogP contribution in [0.25, 0.3) is 0 Å². The molecule has 0 aromatic heterocycles. The molecule has 0 saturated heterocycles. The summed E-state index contributed by atoms with van der Waals surface area (Å²) in [6.45, 7) is 1.82. The Kier molecular flexibility index (Phi) is 4.41. The minimum atomic E-state index is -0.214. The molecule has 0 aliphatic heterocycles. The molecule has 2 nitrogen and oxygen atoms in total. The number of hydrogen-bond donors (Lipinski definition) is 1. The first-order chi connectivity index (χ1) is 6.68. The van der Waals surface area contributed by atoms with E-state index in [9.17, 15) is 5.26 Å². The van der Waals surface area contributed by atoms with Gasteiger partial charge in [-0.05, 0) is 39.0 Å². The predicted molar refractivity (Wildman–Crippen MR) is 56.7 cm³/mol. The van der Waals surface area contributed by atoms with E-state index in [1.165, 1.54) is 19.3 Å². The van der Waals surface area contributed by atoms with Gasteiger partial charge < -0.3 is 5.11 Å². The molecule has 2 heteroatoms. The number of hydrogen-bond acceptors (Lipinski definition) is 2. The van der Waals surface area contributed by atoms with Gasteiger partial charge in [-0.1, -0.05) is 19.3 Å². The largest absolute Gasteiger partial charge is 0.393 e. The number of aliphatic hydroxyl groups excluding tert-OH is 1. The summed E-state index contributed by atoms with van der Waals surface area (Å²) in [6, 6.07) is 2.51. The topological polar surface area (TPSA) is 44.0 Å². The molecule has 0 bridgehead atoms. The summed E-state index contributed by atoms with van der Waals surface area (Å²) in [5, 5.41) is 18.3. The Morgan fingerprint density at radius 1 is 1.36 bits per heavy atom. The molecule has 0 heterocycles. The van der Waals surface area contributed by atoms with Crippen LogP contribution in [-0.2, 0) is 0 Å². The normalized spacial score (nSPS) is 22.6. The number of nitrogens with zero attached hydrogens (tertiary/aromatic N) is 1. The van der Waals surface area contributed by atoms with E-state index < -0.39 is 0 Å². The maximum absolute atomic E-state index is 9.19. The molecule has 1 N–H and O–H groups in total. The van der Waals surface area contributed by atoms with E-state index in [0.29, 0.717) is 0 Å². The lowest BCUT2D eigenvalue weighted by atomic mass is 9.72. The molecule has 1 aliphatic carbocycles. The van der Waals surface area contributed by atoms with Crippen LogP contribution >= 0.6 is 0 Å². The molecule has 0 aromatic rings. The van der Waals surface area contributed by atoms with Crippen molar-refractivity contribution in [3.05, 3.63) is 0 Å². The molecule has 80 valence electrons. The van der Waals surface area contributed by atoms with Crippen LogP contribution in [0, 0.1) is 16.7 Å². The Bertz CT molecular complexity index is 199. The molecule has 1 atom stereocenters. The van der Waals surface area contributed by atoms with E-state index in [1.54, 1.807) is 0 Å². The Balaban J connectivity index is 2.34. The van der Waals surface area contributed by atoms with Crippen LogP contribution in [0.1, 0.15) is 58.3 Å². The lowest BCUT2D eigenvalue weighted by Crippen LogP contribution is -2.22. The molecule has 1 aliphatic rings. The summed E-state index contributed by atoms with van der Waals surface area (Å²) >= 11 is 0. The highest BCUT2D eigenvalue weighted by molar-refractivity contribution is 5.00. The SMILES string of the molecule is CC(O)CCCC1(C#N)CCCCC1. The highest BCUT2D eigenvalue weighted by Gasteiger charge is 2.31. The molecule has 0 radical (unpaired) electrons. The predicted octanol–water partition coefficient (Wildman–Crippen LogP) is 3.01. The molecule has 0 spiro atoms. The Hall–Kier alpha value is -0.550. The molecule has 1 fully saturated rings. The summed E-state index contributed by atoms with van der Waals surface area (Å²) in [5.41, 5.74) is -0.0485. The number of rotatable bonds is 4. The van der Waals surface area contributed by atoms with Crippen LogP contribution in [0.2, 0.25) is 0 Å². The Morgan fingerprint density at radius 2 is 2.00 bits per heavy atom. The van der Waals surface area contributed by atoms with Crippen LogP contribution < -0.4 is 0 Å². The van der Waals surface area contributed by atoms with Crippen LogP contribution in [0.5, 0.6) is 0 Å². The molecule has 14 heavy (non-hydrogen) atoms. The maximum Gasteiger partial charge on any atom is 0.0689 e. The molecule has 1 saturated carbocycles. The summed E-state index contributed by atoms with van der Waals surface area (Å²) in [6.07, 6.45) is 8.45. The standard InChI is InChI=1S/C12H21NO/c1-11(14)6-5-9-12(10-13)7-3-2-4-8-12/h11,14H,2-9H2,1H3. The molecule has 0 aromatic carbocycles. The van der Waals surface area contributed by atoms with Gasteiger partial charge in [-0.25, -0.2) is 0 Å². The zero-order valence-electron chi connectivity index (χ0n) is 9.13. The van der Waals surface area contributed by atoms with Crippen molar-refractivity contribution in [1.29, 1.82) is 5.26 Å². The fraction of sp³-hybridized carbons (Fsp3) is 0.917. The van der Waals surface area contributed by atoms with Gasteiger partial charge in [0.15, 0.2) is 0 Å². The van der Waals surface area contributed by atoms with Crippen molar-refractivity contribution in [2.24, 2.45) is 5.41 Å². The second-order valence-electron chi connectivity index (χ2n) is 4.69. The third-order valence-corrected chi connectivity index (χ3v) is 3.33. The average molecular weight is 195 g/mol. The van der Waals surface area contributed by atoms with Crippen molar-refractivity contribution in [2.45, 2.75) is 64.4 Å². The lowest BCUT2D eigenvalue weighted by molar-refractivity contribution is 0.167. The van der Waals surface area contributed by atoms with Crippen molar-refractivity contribution in [2.75, 3.05) is 0 Å². The first-order valence-electron chi connectivity index (χ1n) is 5.78. The highest BCUT2D eigenvalue weighted by Crippen LogP contribution is 2.39. The van der Waals surface area contributed by atoms with E-state index >= 15 is 0 Å². The van der Waals surface area contributed by atoms with Gasteiger partial charge >= 0.3 is 0 Å². The Labute approximate surface area is 86.9 Å². The summed E-state index contributed by atoms with van der Waals surface area (Å²) < 4.78 is 0. The zero-order valence-corrected chi connectivity index (χ0v) is 9.13. The summed E-state index contributed by atoms with van der Waals surface area (Å²) in [4.78, 5) is 0. The number of nitriles is 1. The molecular weight excluding hydrogens is 174 g/mol. The van der Waals surface area contributed by atoms with Gasteiger partial charge in [-0.3, -0.25) is 0 Å². The minimum absolute atomic E-state index is 0.0485. The minimum Gasteiger partial charge on any atom is -0.393 e. The van der Waals surface area contributed by atoms with Gasteiger partial charge in [0.2, 0.25) is 0 Å². The first-order valence-corrected chi connectivity index (χ1v) is 5.78. The van der Waals surface area contributed by atoms with Gasteiger partial charge in [0.1, 0.15) is 0 Å². The molecule has 0 amide bonds. The van der Waals surface area contributed by atoms with Crippen LogP contribution in [0.4, 0.5) is 0 Å². The Morgan fingerprint density at radius 3 is 2.50 bits per heavy atom. The average Bonchev–Trinajstić information content (AvgIpc) is 2.19. The van der Waals surface area contributed by atoms with E-state index in [4.69, 9.17) is 5.11 Å². The third kappa shape index (κ3) is 3.31. The number of aliphatic hydroxyl groups is 1. The van der Waals surface area contributed by atoms with Gasteiger partial charge in [-0.15, -0.1) is 0 Å². The van der Waals surface area contributed by atoms with E-state index in [0.717, 1.165) is 32.1 Å². The lowest BCUT2D eigenvalue weighted by Gasteiger charge is -2.30. The van der Waals surface area contributed by atoms with Crippen LogP contribution in [0.3, 0.4) is 0 Å². The van der Waals surface area contributed by atoms with Crippen molar-refractivity contribution in [3.63, 3.8) is 0 Å². The second kappa shape index (κ2) is 5.36. The van der Waals surface area contributed by atoms with Gasteiger partial charge in [0.05, 0.1) is 17.6 Å². The molecule has 1 rings (SSSR count). The van der Waals surface area contributed by atoms with Gasteiger partial charge in [-0.2, -0.15) is 5.26 Å². The van der Waals surface area contributed by atoms with E-state index in [-0.39, 0.29) is 11.5 Å². The smallest absolute Gasteiger partial charge is 0.0689 e. The molecule has 1 unspecified atom stereocenters. The summed E-state index contributed by atoms with van der Waals surface area (Å²) in [7, 11) is 0. The maximum atomic E-state index is 9.19. The highest BCUT2D eigenvalue weighted by atomic mass is 16.3.